The number of nitrogens with one attached hydrogen (secondary N) is 1. The molecule has 0 amide bonds. The van der Waals surface area contributed by atoms with Gasteiger partial charge >= 0.3 is 0 Å². The third-order valence-electron chi connectivity index (χ3n) is 3.76. The van der Waals surface area contributed by atoms with Crippen LogP contribution < -0.4 is 10.1 Å². The molecule has 0 spiro atoms. The summed E-state index contributed by atoms with van der Waals surface area (Å²) in [5, 5.41) is 22.7. The van der Waals surface area contributed by atoms with Crippen molar-refractivity contribution in [3.63, 3.8) is 0 Å². The molecule has 22 heavy (non-hydrogen) atoms. The zero-order valence-electron chi connectivity index (χ0n) is 12.8. The third kappa shape index (κ3) is 4.23. The first-order valence-corrected chi connectivity index (χ1v) is 7.47. The van der Waals surface area contributed by atoms with Gasteiger partial charge in [0.25, 0.3) is 0 Å². The minimum atomic E-state index is 0.158. The first kappa shape index (κ1) is 16.3. The summed E-state index contributed by atoms with van der Waals surface area (Å²) in [5.41, 5.74) is 2.01. The van der Waals surface area contributed by atoms with Crippen LogP contribution in [0.4, 0.5) is 0 Å². The Morgan fingerprint density at radius 3 is 2.55 bits per heavy atom. The standard InChI is InChI=1S/C18H23NO3/c1-22-17-9-5-8-16(18(17)21)13-19-12-15(10-11-20)14-6-3-2-4-7-14/h2-9,15,19-21H,10-13H2,1H3. The van der Waals surface area contributed by atoms with Crippen molar-refractivity contribution >= 4 is 0 Å². The minimum Gasteiger partial charge on any atom is -0.504 e. The second-order valence-electron chi connectivity index (χ2n) is 5.22. The number of aliphatic hydroxyl groups is 1. The van der Waals surface area contributed by atoms with Crippen molar-refractivity contribution in [2.24, 2.45) is 0 Å². The maximum absolute atomic E-state index is 10.1. The van der Waals surface area contributed by atoms with Crippen LogP contribution in [0.15, 0.2) is 48.5 Å². The highest BCUT2D eigenvalue weighted by atomic mass is 16.5. The maximum atomic E-state index is 10.1. The van der Waals surface area contributed by atoms with Crippen LogP contribution in [0.1, 0.15) is 23.5 Å². The summed E-state index contributed by atoms with van der Waals surface area (Å²) in [6, 6.07) is 15.6. The molecule has 2 aromatic rings. The first-order chi connectivity index (χ1) is 10.8. The van der Waals surface area contributed by atoms with Gasteiger partial charge in [0.2, 0.25) is 0 Å². The number of aliphatic hydroxyl groups excluding tert-OH is 1. The first-order valence-electron chi connectivity index (χ1n) is 7.47. The van der Waals surface area contributed by atoms with Crippen molar-refractivity contribution in [3.8, 4) is 11.5 Å². The lowest BCUT2D eigenvalue weighted by molar-refractivity contribution is 0.273. The Morgan fingerprint density at radius 1 is 1.09 bits per heavy atom. The highest BCUT2D eigenvalue weighted by molar-refractivity contribution is 5.45. The fourth-order valence-electron chi connectivity index (χ4n) is 2.52. The van der Waals surface area contributed by atoms with Crippen molar-refractivity contribution in [1.29, 1.82) is 0 Å². The molecule has 0 fully saturated rings. The molecule has 0 heterocycles. The van der Waals surface area contributed by atoms with Gasteiger partial charge in [0.05, 0.1) is 7.11 Å². The number of rotatable bonds is 8. The summed E-state index contributed by atoms with van der Waals surface area (Å²) in [6.45, 7) is 1.45. The van der Waals surface area contributed by atoms with Gasteiger partial charge < -0.3 is 20.3 Å². The van der Waals surface area contributed by atoms with Crippen molar-refractivity contribution in [3.05, 3.63) is 59.7 Å². The van der Waals surface area contributed by atoms with Crippen molar-refractivity contribution < 1.29 is 14.9 Å². The molecule has 3 N–H and O–H groups in total. The van der Waals surface area contributed by atoms with Crippen LogP contribution in [0.25, 0.3) is 0 Å². The van der Waals surface area contributed by atoms with Gasteiger partial charge in [-0.3, -0.25) is 0 Å². The number of phenols is 1. The molecule has 0 aliphatic rings. The number of methoxy groups -OCH3 is 1. The molecular weight excluding hydrogens is 278 g/mol. The molecule has 4 nitrogen and oxygen atoms in total. The Labute approximate surface area is 131 Å². The fraction of sp³-hybridized carbons (Fsp3) is 0.333. The van der Waals surface area contributed by atoms with E-state index in [1.807, 2.05) is 30.3 Å². The molecule has 0 saturated carbocycles. The summed E-state index contributed by atoms with van der Waals surface area (Å²) in [7, 11) is 1.54. The Bertz CT molecular complexity index is 572. The fourth-order valence-corrected chi connectivity index (χ4v) is 2.52. The summed E-state index contributed by atoms with van der Waals surface area (Å²) >= 11 is 0. The van der Waals surface area contributed by atoms with E-state index in [1.165, 1.54) is 5.56 Å². The normalized spacial score (nSPS) is 12.1. The van der Waals surface area contributed by atoms with Gasteiger partial charge in [-0.1, -0.05) is 42.5 Å². The highest BCUT2D eigenvalue weighted by Crippen LogP contribution is 2.29. The van der Waals surface area contributed by atoms with E-state index in [4.69, 9.17) is 4.74 Å². The minimum absolute atomic E-state index is 0.158. The number of para-hydroxylation sites is 1. The smallest absolute Gasteiger partial charge is 0.162 e. The van der Waals surface area contributed by atoms with Gasteiger partial charge in [0.1, 0.15) is 0 Å². The van der Waals surface area contributed by atoms with Gasteiger partial charge in [-0.15, -0.1) is 0 Å². The Kier molecular flexibility index (Phi) is 6.25. The zero-order chi connectivity index (χ0) is 15.8. The molecule has 0 aliphatic heterocycles. The van der Waals surface area contributed by atoms with Crippen LogP contribution in [0.5, 0.6) is 11.5 Å². The van der Waals surface area contributed by atoms with Crippen LogP contribution in [-0.4, -0.2) is 30.5 Å². The van der Waals surface area contributed by atoms with E-state index < -0.39 is 0 Å². The molecule has 118 valence electrons. The number of phenolic OH excluding ortho intramolecular Hbond substituents is 1. The molecule has 1 unspecified atom stereocenters. The van der Waals surface area contributed by atoms with Gasteiger partial charge in [0.15, 0.2) is 11.5 Å². The third-order valence-corrected chi connectivity index (χ3v) is 3.76. The van der Waals surface area contributed by atoms with Gasteiger partial charge in [0, 0.05) is 25.3 Å². The molecule has 0 aliphatic carbocycles. The van der Waals surface area contributed by atoms with Crippen molar-refractivity contribution in [2.45, 2.75) is 18.9 Å². The second-order valence-corrected chi connectivity index (χ2v) is 5.22. The Morgan fingerprint density at radius 2 is 1.86 bits per heavy atom. The largest absolute Gasteiger partial charge is 0.504 e. The van der Waals surface area contributed by atoms with Crippen LogP contribution in [0, 0.1) is 0 Å². The van der Waals surface area contributed by atoms with Crippen LogP contribution in [-0.2, 0) is 6.54 Å². The molecule has 4 heteroatoms. The average Bonchev–Trinajstić information content (AvgIpc) is 2.56. The average molecular weight is 301 g/mol. The summed E-state index contributed by atoms with van der Waals surface area (Å²) in [5.74, 6) is 0.907. The van der Waals surface area contributed by atoms with E-state index in [-0.39, 0.29) is 18.3 Å². The monoisotopic (exact) mass is 301 g/mol. The van der Waals surface area contributed by atoms with E-state index in [1.54, 1.807) is 13.2 Å². The number of benzene rings is 2. The lowest BCUT2D eigenvalue weighted by Crippen LogP contribution is -2.22. The topological polar surface area (TPSA) is 61.7 Å². The number of hydrogen-bond donors (Lipinski definition) is 3. The molecule has 1 atom stereocenters. The number of hydrogen-bond acceptors (Lipinski definition) is 4. The van der Waals surface area contributed by atoms with Crippen molar-refractivity contribution in [2.75, 3.05) is 20.3 Å². The molecule has 0 radical (unpaired) electrons. The summed E-state index contributed by atoms with van der Waals surface area (Å²) < 4.78 is 5.11. The van der Waals surface area contributed by atoms with Gasteiger partial charge in [-0.05, 0) is 24.0 Å². The number of aromatic hydroxyl groups is 1. The molecule has 0 bridgehead atoms. The van der Waals surface area contributed by atoms with E-state index >= 15 is 0 Å². The van der Waals surface area contributed by atoms with E-state index in [2.05, 4.69) is 17.4 Å². The molecule has 0 saturated heterocycles. The van der Waals surface area contributed by atoms with Gasteiger partial charge in [-0.2, -0.15) is 0 Å². The van der Waals surface area contributed by atoms with Gasteiger partial charge in [-0.25, -0.2) is 0 Å². The highest BCUT2D eigenvalue weighted by Gasteiger charge is 2.12. The van der Waals surface area contributed by atoms with E-state index in [0.29, 0.717) is 18.7 Å². The number of ether oxygens (including phenoxy) is 1. The molecule has 2 aromatic carbocycles. The zero-order valence-corrected chi connectivity index (χ0v) is 12.8. The van der Waals surface area contributed by atoms with Crippen LogP contribution in [0.3, 0.4) is 0 Å². The molecule has 0 aromatic heterocycles. The lowest BCUT2D eigenvalue weighted by atomic mass is 9.96. The Hall–Kier alpha value is -2.04. The van der Waals surface area contributed by atoms with Crippen LogP contribution in [0.2, 0.25) is 0 Å². The van der Waals surface area contributed by atoms with Crippen LogP contribution >= 0.6 is 0 Å². The molecular formula is C18H23NO3. The van der Waals surface area contributed by atoms with E-state index in [9.17, 15) is 10.2 Å². The maximum Gasteiger partial charge on any atom is 0.162 e. The predicted octanol–water partition coefficient (Wildman–Crippen LogP) is 2.66. The molecule has 2 rings (SSSR count). The van der Waals surface area contributed by atoms with E-state index in [0.717, 1.165) is 12.1 Å². The van der Waals surface area contributed by atoms with Crippen molar-refractivity contribution in [1.82, 2.24) is 5.32 Å². The summed E-state index contributed by atoms with van der Waals surface area (Å²) in [4.78, 5) is 0. The predicted molar refractivity (Wildman–Crippen MR) is 87.3 cm³/mol. The second kappa shape index (κ2) is 8.41. The summed E-state index contributed by atoms with van der Waals surface area (Å²) in [6.07, 6.45) is 0.709. The SMILES string of the molecule is COc1cccc(CNCC(CCO)c2ccccc2)c1O. The Balaban J connectivity index is 1.96. The quantitative estimate of drug-likeness (QED) is 0.701. The lowest BCUT2D eigenvalue weighted by Gasteiger charge is -2.17.